The van der Waals surface area contributed by atoms with Crippen LogP contribution >= 0.6 is 0 Å². The SMILES string of the molecule is OC[C@@H]1C[C@H](F)CN1c1ncc(F)cn1. The van der Waals surface area contributed by atoms with Crippen molar-refractivity contribution in [3.63, 3.8) is 0 Å². The lowest BCUT2D eigenvalue weighted by atomic mass is 10.2. The number of halogens is 2. The van der Waals surface area contributed by atoms with Gasteiger partial charge in [0.05, 0.1) is 31.6 Å². The van der Waals surface area contributed by atoms with Gasteiger partial charge in [0.1, 0.15) is 6.17 Å². The first-order valence-electron chi connectivity index (χ1n) is 4.70. The maximum Gasteiger partial charge on any atom is 0.225 e. The first kappa shape index (κ1) is 10.2. The minimum atomic E-state index is -0.990. The predicted octanol–water partition coefficient (Wildman–Crippen LogP) is 0.525. The zero-order chi connectivity index (χ0) is 10.8. The van der Waals surface area contributed by atoms with E-state index in [9.17, 15) is 8.78 Å². The van der Waals surface area contributed by atoms with Crippen LogP contribution in [0, 0.1) is 5.82 Å². The fourth-order valence-corrected chi connectivity index (χ4v) is 1.73. The molecule has 1 N–H and O–H groups in total. The molecule has 0 bridgehead atoms. The van der Waals surface area contributed by atoms with E-state index in [0.29, 0.717) is 0 Å². The summed E-state index contributed by atoms with van der Waals surface area (Å²) in [6, 6.07) is -0.314. The van der Waals surface area contributed by atoms with E-state index in [2.05, 4.69) is 9.97 Å². The summed E-state index contributed by atoms with van der Waals surface area (Å²) in [5.74, 6) is -0.272. The molecule has 2 rings (SSSR count). The number of alkyl halides is 1. The van der Waals surface area contributed by atoms with Gasteiger partial charge in [0, 0.05) is 6.42 Å². The molecule has 0 unspecified atom stereocenters. The van der Waals surface area contributed by atoms with E-state index in [-0.39, 0.29) is 31.6 Å². The van der Waals surface area contributed by atoms with Gasteiger partial charge in [-0.1, -0.05) is 0 Å². The van der Waals surface area contributed by atoms with Crippen LogP contribution < -0.4 is 4.90 Å². The first-order valence-corrected chi connectivity index (χ1v) is 4.70. The smallest absolute Gasteiger partial charge is 0.225 e. The van der Waals surface area contributed by atoms with Gasteiger partial charge in [0.2, 0.25) is 5.95 Å². The van der Waals surface area contributed by atoms with Gasteiger partial charge in [-0.25, -0.2) is 18.7 Å². The number of nitrogens with zero attached hydrogens (tertiary/aromatic N) is 3. The normalized spacial score (nSPS) is 25.9. The third kappa shape index (κ3) is 2.04. The first-order chi connectivity index (χ1) is 7.20. The topological polar surface area (TPSA) is 49.2 Å². The Balaban J connectivity index is 2.19. The van der Waals surface area contributed by atoms with Crippen LogP contribution in [0.15, 0.2) is 12.4 Å². The second-order valence-electron chi connectivity index (χ2n) is 3.52. The monoisotopic (exact) mass is 215 g/mol. The molecule has 0 aromatic carbocycles. The summed E-state index contributed by atoms with van der Waals surface area (Å²) < 4.78 is 25.7. The van der Waals surface area contributed by atoms with Gasteiger partial charge >= 0.3 is 0 Å². The number of hydrogen-bond acceptors (Lipinski definition) is 4. The van der Waals surface area contributed by atoms with Gasteiger partial charge < -0.3 is 10.0 Å². The Labute approximate surface area is 85.6 Å². The summed E-state index contributed by atoms with van der Waals surface area (Å²) in [6.07, 6.45) is 1.33. The summed E-state index contributed by atoms with van der Waals surface area (Å²) in [5, 5.41) is 9.03. The Bertz CT molecular complexity index is 333. The van der Waals surface area contributed by atoms with Crippen LogP contribution in [0.2, 0.25) is 0 Å². The van der Waals surface area contributed by atoms with Crippen LogP contribution in [-0.4, -0.2) is 40.4 Å². The summed E-state index contributed by atoms with van der Waals surface area (Å²) in [7, 11) is 0. The molecule has 0 amide bonds. The highest BCUT2D eigenvalue weighted by Gasteiger charge is 2.33. The molecule has 0 aliphatic carbocycles. The van der Waals surface area contributed by atoms with Gasteiger partial charge in [-0.3, -0.25) is 0 Å². The lowest BCUT2D eigenvalue weighted by Crippen LogP contribution is -2.33. The maximum absolute atomic E-state index is 13.1. The molecule has 15 heavy (non-hydrogen) atoms. The number of aromatic nitrogens is 2. The van der Waals surface area contributed by atoms with Crippen molar-refractivity contribution in [1.82, 2.24) is 9.97 Å². The van der Waals surface area contributed by atoms with E-state index in [1.165, 1.54) is 0 Å². The van der Waals surface area contributed by atoms with Crippen molar-refractivity contribution in [3.05, 3.63) is 18.2 Å². The Morgan fingerprint density at radius 2 is 2.13 bits per heavy atom. The molecule has 4 nitrogen and oxygen atoms in total. The number of aliphatic hydroxyl groups is 1. The highest BCUT2D eigenvalue weighted by molar-refractivity contribution is 5.33. The molecule has 1 aliphatic heterocycles. The molecule has 82 valence electrons. The fraction of sp³-hybridized carbons (Fsp3) is 0.556. The van der Waals surface area contributed by atoms with Crippen molar-refractivity contribution in [3.8, 4) is 0 Å². The largest absolute Gasteiger partial charge is 0.394 e. The lowest BCUT2D eigenvalue weighted by molar-refractivity contribution is 0.255. The molecule has 6 heteroatoms. The van der Waals surface area contributed by atoms with Gasteiger partial charge in [-0.2, -0.15) is 0 Å². The van der Waals surface area contributed by atoms with E-state index in [1.807, 2.05) is 0 Å². The standard InChI is InChI=1S/C9H11F2N3O/c10-6-1-8(5-15)14(4-6)9-12-2-7(11)3-13-9/h2-3,6,8,15H,1,4-5H2/t6-,8-/m0/s1. The quantitative estimate of drug-likeness (QED) is 0.781. The molecule has 1 aliphatic rings. The van der Waals surface area contributed by atoms with Crippen LogP contribution in [0.1, 0.15) is 6.42 Å². The fourth-order valence-electron chi connectivity index (χ4n) is 1.73. The van der Waals surface area contributed by atoms with Crippen LogP contribution in [-0.2, 0) is 0 Å². The van der Waals surface area contributed by atoms with Gasteiger partial charge in [0.15, 0.2) is 5.82 Å². The number of rotatable bonds is 2. The zero-order valence-corrected chi connectivity index (χ0v) is 7.98. The van der Waals surface area contributed by atoms with Crippen molar-refractivity contribution in [2.45, 2.75) is 18.6 Å². The van der Waals surface area contributed by atoms with Gasteiger partial charge in [-0.05, 0) is 0 Å². The second kappa shape index (κ2) is 4.06. The van der Waals surface area contributed by atoms with Gasteiger partial charge in [0.25, 0.3) is 0 Å². The van der Waals surface area contributed by atoms with E-state index in [4.69, 9.17) is 5.11 Å². The molecular weight excluding hydrogens is 204 g/mol. The van der Waals surface area contributed by atoms with Gasteiger partial charge in [-0.15, -0.1) is 0 Å². The Morgan fingerprint density at radius 1 is 1.47 bits per heavy atom. The molecule has 1 aromatic rings. The second-order valence-corrected chi connectivity index (χ2v) is 3.52. The average molecular weight is 215 g/mol. The summed E-state index contributed by atoms with van der Waals surface area (Å²) in [5.41, 5.74) is 0. The number of aliphatic hydroxyl groups excluding tert-OH is 1. The van der Waals surface area contributed by atoms with Crippen molar-refractivity contribution in [1.29, 1.82) is 0 Å². The number of hydrogen-bond donors (Lipinski definition) is 1. The maximum atomic E-state index is 13.1. The van der Waals surface area contributed by atoms with Crippen LogP contribution in [0.4, 0.5) is 14.7 Å². The average Bonchev–Trinajstić information content (AvgIpc) is 2.61. The molecule has 2 atom stereocenters. The minimum absolute atomic E-state index is 0.150. The van der Waals surface area contributed by atoms with E-state index >= 15 is 0 Å². The highest BCUT2D eigenvalue weighted by Crippen LogP contribution is 2.23. The molecule has 2 heterocycles. The van der Waals surface area contributed by atoms with Crippen LogP contribution in [0.3, 0.4) is 0 Å². The zero-order valence-electron chi connectivity index (χ0n) is 7.98. The van der Waals surface area contributed by atoms with Crippen molar-refractivity contribution >= 4 is 5.95 Å². The Hall–Kier alpha value is -1.30. The Kier molecular flexibility index (Phi) is 2.77. The molecule has 1 aromatic heterocycles. The summed E-state index contributed by atoms with van der Waals surface area (Å²) >= 11 is 0. The molecule has 1 fully saturated rings. The Morgan fingerprint density at radius 3 is 2.73 bits per heavy atom. The third-order valence-corrected chi connectivity index (χ3v) is 2.44. The molecule has 1 saturated heterocycles. The molecular formula is C9H11F2N3O. The predicted molar refractivity (Wildman–Crippen MR) is 49.7 cm³/mol. The summed E-state index contributed by atoms with van der Waals surface area (Å²) in [6.45, 7) is -0.00197. The highest BCUT2D eigenvalue weighted by atomic mass is 19.1. The van der Waals surface area contributed by atoms with E-state index in [0.717, 1.165) is 12.4 Å². The van der Waals surface area contributed by atoms with Crippen molar-refractivity contribution in [2.24, 2.45) is 0 Å². The molecule has 0 saturated carbocycles. The lowest BCUT2D eigenvalue weighted by Gasteiger charge is -2.21. The number of anilines is 1. The summed E-state index contributed by atoms with van der Waals surface area (Å²) in [4.78, 5) is 9.07. The third-order valence-electron chi connectivity index (χ3n) is 2.44. The molecule has 0 radical (unpaired) electrons. The minimum Gasteiger partial charge on any atom is -0.394 e. The van der Waals surface area contributed by atoms with Crippen LogP contribution in [0.5, 0.6) is 0 Å². The van der Waals surface area contributed by atoms with Crippen LogP contribution in [0.25, 0.3) is 0 Å². The van der Waals surface area contributed by atoms with E-state index < -0.39 is 12.0 Å². The molecule has 0 spiro atoms. The van der Waals surface area contributed by atoms with E-state index in [1.54, 1.807) is 4.90 Å². The van der Waals surface area contributed by atoms with Crippen molar-refractivity contribution in [2.75, 3.05) is 18.1 Å². The van der Waals surface area contributed by atoms with Crippen molar-refractivity contribution < 1.29 is 13.9 Å².